The summed E-state index contributed by atoms with van der Waals surface area (Å²) in [6, 6.07) is 28.2. The van der Waals surface area contributed by atoms with Crippen LogP contribution in [0.25, 0.3) is 33.2 Å². The first-order valence-electron chi connectivity index (χ1n) is 9.38. The Kier molecular flexibility index (Phi) is 4.79. The first kappa shape index (κ1) is 16.5. The van der Waals surface area contributed by atoms with Crippen molar-refractivity contribution in [2.45, 2.75) is 26.2 Å². The minimum atomic E-state index is 1.05. The minimum Gasteiger partial charge on any atom is -0.256 e. The number of aromatic nitrogens is 1. The molecule has 0 saturated heterocycles. The third-order valence-corrected chi connectivity index (χ3v) is 4.92. The van der Waals surface area contributed by atoms with Gasteiger partial charge in [0.2, 0.25) is 0 Å². The number of fused-ring (bicyclic) bond motifs is 1. The molecule has 0 saturated carbocycles. The first-order chi connectivity index (χ1) is 12.8. The van der Waals surface area contributed by atoms with E-state index in [-0.39, 0.29) is 0 Å². The topological polar surface area (TPSA) is 12.9 Å². The van der Waals surface area contributed by atoms with Crippen molar-refractivity contribution in [1.82, 2.24) is 4.98 Å². The van der Waals surface area contributed by atoms with Crippen molar-refractivity contribution in [1.29, 1.82) is 0 Å². The molecule has 0 spiro atoms. The molecule has 0 fully saturated rings. The fourth-order valence-corrected chi connectivity index (χ4v) is 3.44. The van der Waals surface area contributed by atoms with Crippen LogP contribution >= 0.6 is 0 Å². The lowest BCUT2D eigenvalue weighted by molar-refractivity contribution is 0.795. The van der Waals surface area contributed by atoms with Crippen LogP contribution in [-0.2, 0) is 6.42 Å². The van der Waals surface area contributed by atoms with E-state index < -0.39 is 0 Å². The predicted molar refractivity (Wildman–Crippen MR) is 111 cm³/mol. The molecule has 0 N–H and O–H groups in total. The van der Waals surface area contributed by atoms with Crippen molar-refractivity contribution in [3.05, 3.63) is 90.6 Å². The molecule has 4 aromatic rings. The van der Waals surface area contributed by atoms with Crippen LogP contribution in [-0.4, -0.2) is 4.98 Å². The molecule has 4 rings (SSSR count). The average Bonchev–Trinajstić information content (AvgIpc) is 2.72. The van der Waals surface area contributed by atoms with Gasteiger partial charge >= 0.3 is 0 Å². The smallest absolute Gasteiger partial charge is 0.0780 e. The van der Waals surface area contributed by atoms with Gasteiger partial charge in [0, 0.05) is 17.1 Å². The zero-order valence-corrected chi connectivity index (χ0v) is 15.2. The third kappa shape index (κ3) is 3.39. The number of unbranched alkanes of at least 4 members (excludes halogenated alkanes) is 1. The summed E-state index contributed by atoms with van der Waals surface area (Å²) in [4.78, 5) is 4.66. The molecular weight excluding hydrogens is 314 g/mol. The van der Waals surface area contributed by atoms with Gasteiger partial charge in [-0.2, -0.15) is 0 Å². The average molecular weight is 337 g/mol. The van der Waals surface area contributed by atoms with Crippen molar-refractivity contribution >= 4 is 10.8 Å². The van der Waals surface area contributed by atoms with Crippen molar-refractivity contribution in [2.24, 2.45) is 0 Å². The normalized spacial score (nSPS) is 11.0. The van der Waals surface area contributed by atoms with Crippen LogP contribution in [0.15, 0.2) is 85.1 Å². The third-order valence-electron chi connectivity index (χ3n) is 4.92. The fraction of sp³-hybridized carbons (Fsp3) is 0.160. The molecule has 0 amide bonds. The highest BCUT2D eigenvalue weighted by molar-refractivity contribution is 5.95. The number of benzene rings is 3. The standard InChI is InChI=1S/C25H23N/c1-2-3-7-19-12-14-20(15-13-19)22-9-6-10-23(18-22)25-24-11-5-4-8-21(24)16-17-26-25/h4-6,8-18H,2-3,7H2,1H3. The number of nitrogens with zero attached hydrogens (tertiary/aromatic N) is 1. The van der Waals surface area contributed by atoms with E-state index in [0.29, 0.717) is 0 Å². The van der Waals surface area contributed by atoms with Gasteiger partial charge < -0.3 is 0 Å². The van der Waals surface area contributed by atoms with Crippen LogP contribution in [0.3, 0.4) is 0 Å². The van der Waals surface area contributed by atoms with Crippen LogP contribution in [0, 0.1) is 0 Å². The molecule has 26 heavy (non-hydrogen) atoms. The number of hydrogen-bond acceptors (Lipinski definition) is 1. The van der Waals surface area contributed by atoms with Gasteiger partial charge in [-0.15, -0.1) is 0 Å². The Hall–Kier alpha value is -2.93. The molecule has 1 aromatic heterocycles. The number of rotatable bonds is 5. The molecule has 0 radical (unpaired) electrons. The maximum Gasteiger partial charge on any atom is 0.0780 e. The van der Waals surface area contributed by atoms with E-state index in [4.69, 9.17) is 0 Å². The lowest BCUT2D eigenvalue weighted by Gasteiger charge is -2.09. The molecule has 0 atom stereocenters. The van der Waals surface area contributed by atoms with Gasteiger partial charge in [-0.3, -0.25) is 4.98 Å². The summed E-state index contributed by atoms with van der Waals surface area (Å²) in [6.07, 6.45) is 5.55. The summed E-state index contributed by atoms with van der Waals surface area (Å²) in [6.45, 7) is 2.24. The Labute approximate surface area is 155 Å². The van der Waals surface area contributed by atoms with Gasteiger partial charge in [-0.1, -0.05) is 80.1 Å². The first-order valence-corrected chi connectivity index (χ1v) is 9.38. The Morgan fingerprint density at radius 1 is 0.731 bits per heavy atom. The van der Waals surface area contributed by atoms with Gasteiger partial charge in [0.05, 0.1) is 5.69 Å². The maximum atomic E-state index is 4.66. The molecule has 0 aliphatic heterocycles. The van der Waals surface area contributed by atoms with E-state index in [2.05, 4.69) is 90.8 Å². The summed E-state index contributed by atoms with van der Waals surface area (Å²) in [5, 5.41) is 2.42. The summed E-state index contributed by atoms with van der Waals surface area (Å²) in [7, 11) is 0. The van der Waals surface area contributed by atoms with Crippen molar-refractivity contribution in [3.63, 3.8) is 0 Å². The molecule has 1 heteroatoms. The number of hydrogen-bond donors (Lipinski definition) is 0. The van der Waals surface area contributed by atoms with Crippen molar-refractivity contribution in [2.75, 3.05) is 0 Å². The van der Waals surface area contributed by atoms with Crippen LogP contribution in [0.4, 0.5) is 0 Å². The van der Waals surface area contributed by atoms with E-state index in [9.17, 15) is 0 Å². The zero-order chi connectivity index (χ0) is 17.8. The molecule has 128 valence electrons. The van der Waals surface area contributed by atoms with E-state index in [1.807, 2.05) is 6.20 Å². The van der Waals surface area contributed by atoms with Gasteiger partial charge in [0.25, 0.3) is 0 Å². The highest BCUT2D eigenvalue weighted by Gasteiger charge is 2.07. The molecular formula is C25H23N. The van der Waals surface area contributed by atoms with Crippen LogP contribution < -0.4 is 0 Å². The molecule has 0 bridgehead atoms. The lowest BCUT2D eigenvalue weighted by atomic mass is 9.98. The summed E-state index contributed by atoms with van der Waals surface area (Å²) in [5.74, 6) is 0. The van der Waals surface area contributed by atoms with Crippen LogP contribution in [0.5, 0.6) is 0 Å². The van der Waals surface area contributed by atoms with E-state index >= 15 is 0 Å². The summed E-state index contributed by atoms with van der Waals surface area (Å²) in [5.41, 5.74) is 6.12. The Morgan fingerprint density at radius 2 is 1.54 bits per heavy atom. The fourth-order valence-electron chi connectivity index (χ4n) is 3.44. The van der Waals surface area contributed by atoms with Crippen molar-refractivity contribution in [3.8, 4) is 22.4 Å². The highest BCUT2D eigenvalue weighted by atomic mass is 14.7. The van der Waals surface area contributed by atoms with E-state index in [1.165, 1.54) is 40.3 Å². The molecule has 1 nitrogen and oxygen atoms in total. The second-order valence-electron chi connectivity index (χ2n) is 6.76. The molecule has 1 heterocycles. The van der Waals surface area contributed by atoms with Crippen LogP contribution in [0.1, 0.15) is 25.3 Å². The van der Waals surface area contributed by atoms with Crippen molar-refractivity contribution < 1.29 is 0 Å². The van der Waals surface area contributed by atoms with Gasteiger partial charge in [0.1, 0.15) is 0 Å². The zero-order valence-electron chi connectivity index (χ0n) is 15.2. The summed E-state index contributed by atoms with van der Waals surface area (Å²) >= 11 is 0. The minimum absolute atomic E-state index is 1.05. The SMILES string of the molecule is CCCCc1ccc(-c2cccc(-c3nccc4ccccc34)c2)cc1. The molecule has 0 aliphatic rings. The molecule has 3 aromatic carbocycles. The highest BCUT2D eigenvalue weighted by Crippen LogP contribution is 2.30. The van der Waals surface area contributed by atoms with Crippen LogP contribution in [0.2, 0.25) is 0 Å². The molecule has 0 aliphatic carbocycles. The maximum absolute atomic E-state index is 4.66. The molecule has 0 unspecified atom stereocenters. The Bertz CT molecular complexity index is 1010. The summed E-state index contributed by atoms with van der Waals surface area (Å²) < 4.78 is 0. The predicted octanol–water partition coefficient (Wildman–Crippen LogP) is 6.91. The largest absolute Gasteiger partial charge is 0.256 e. The van der Waals surface area contributed by atoms with Gasteiger partial charge in [-0.25, -0.2) is 0 Å². The second kappa shape index (κ2) is 7.53. The van der Waals surface area contributed by atoms with E-state index in [0.717, 1.165) is 17.7 Å². The van der Waals surface area contributed by atoms with Gasteiger partial charge in [-0.05, 0) is 47.1 Å². The lowest BCUT2D eigenvalue weighted by Crippen LogP contribution is -1.88. The number of aryl methyl sites for hydroxylation is 1. The number of pyridine rings is 1. The Morgan fingerprint density at radius 3 is 2.38 bits per heavy atom. The Balaban J connectivity index is 1.70. The quantitative estimate of drug-likeness (QED) is 0.385. The van der Waals surface area contributed by atoms with E-state index in [1.54, 1.807) is 0 Å². The monoisotopic (exact) mass is 337 g/mol. The second-order valence-corrected chi connectivity index (χ2v) is 6.76. The van der Waals surface area contributed by atoms with Gasteiger partial charge in [0.15, 0.2) is 0 Å².